The van der Waals surface area contributed by atoms with Gasteiger partial charge in [0.05, 0.1) is 22.2 Å². The quantitative estimate of drug-likeness (QED) is 0.319. The predicted molar refractivity (Wildman–Crippen MR) is 139 cm³/mol. The predicted octanol–water partition coefficient (Wildman–Crippen LogP) is 5.33. The normalized spacial score (nSPS) is 14.7. The number of aryl methyl sites for hydroxylation is 1. The number of hydrogen-bond donors (Lipinski definition) is 1. The number of imide groups is 1. The molecule has 3 rings (SSSR count). The lowest BCUT2D eigenvalue weighted by molar-refractivity contribution is -0.127. The first-order valence-electron chi connectivity index (χ1n) is 10.5. The van der Waals surface area contributed by atoms with Crippen molar-refractivity contribution in [3.05, 3.63) is 56.0 Å². The summed E-state index contributed by atoms with van der Waals surface area (Å²) >= 11 is 2.96. The van der Waals surface area contributed by atoms with Gasteiger partial charge in [-0.05, 0) is 88.7 Å². The van der Waals surface area contributed by atoms with Crippen LogP contribution in [0.25, 0.3) is 6.08 Å². The molecule has 0 radical (unpaired) electrons. The molecule has 7 nitrogen and oxygen atoms in total. The maximum Gasteiger partial charge on any atom is 0.294 e. The summed E-state index contributed by atoms with van der Waals surface area (Å²) in [7, 11) is 1.55. The Morgan fingerprint density at radius 1 is 1.18 bits per heavy atom. The summed E-state index contributed by atoms with van der Waals surface area (Å²) in [6.07, 6.45) is 3.39. The van der Waals surface area contributed by atoms with Gasteiger partial charge >= 0.3 is 0 Å². The molecular formula is C24H25IN2O5S. The summed E-state index contributed by atoms with van der Waals surface area (Å²) in [5.74, 6) is 0.265. The molecule has 0 aromatic heterocycles. The van der Waals surface area contributed by atoms with E-state index in [4.69, 9.17) is 9.47 Å². The standard InChI is InChI=1S/C24H25IN2O5S/c1-4-10-32-22-18(25)11-16(12-19(22)31-3)13-20-23(29)27(24(30)33-20)14-21(28)26-17-8-6-15(5-2)7-9-17/h6-9,11-13H,4-5,10,14H2,1-3H3,(H,26,28)/b20-13-. The number of methoxy groups -OCH3 is 1. The molecule has 0 bridgehead atoms. The summed E-state index contributed by atoms with van der Waals surface area (Å²) < 4.78 is 12.0. The van der Waals surface area contributed by atoms with Gasteiger partial charge in [0.2, 0.25) is 5.91 Å². The van der Waals surface area contributed by atoms with E-state index in [2.05, 4.69) is 27.9 Å². The average Bonchev–Trinajstić information content (AvgIpc) is 3.05. The SMILES string of the molecule is CCCOc1c(I)cc(/C=C2\SC(=O)N(CC(=O)Nc3ccc(CC)cc3)C2=O)cc1OC. The van der Waals surface area contributed by atoms with Crippen molar-refractivity contribution in [3.8, 4) is 11.5 Å². The topological polar surface area (TPSA) is 84.9 Å². The first-order chi connectivity index (χ1) is 15.9. The van der Waals surface area contributed by atoms with Crippen LogP contribution in [0, 0.1) is 3.57 Å². The van der Waals surface area contributed by atoms with Crippen molar-refractivity contribution in [2.24, 2.45) is 0 Å². The lowest BCUT2D eigenvalue weighted by atomic mass is 10.1. The molecule has 0 saturated carbocycles. The molecule has 33 heavy (non-hydrogen) atoms. The zero-order valence-corrected chi connectivity index (χ0v) is 21.6. The molecule has 1 heterocycles. The minimum Gasteiger partial charge on any atom is -0.493 e. The molecule has 0 atom stereocenters. The van der Waals surface area contributed by atoms with Gasteiger partial charge in [-0.3, -0.25) is 19.3 Å². The van der Waals surface area contributed by atoms with Crippen LogP contribution in [0.1, 0.15) is 31.4 Å². The van der Waals surface area contributed by atoms with Gasteiger partial charge in [-0.15, -0.1) is 0 Å². The fourth-order valence-electron chi connectivity index (χ4n) is 3.12. The van der Waals surface area contributed by atoms with Crippen molar-refractivity contribution in [1.29, 1.82) is 0 Å². The second kappa shape index (κ2) is 11.6. The van der Waals surface area contributed by atoms with Gasteiger partial charge in [-0.2, -0.15) is 0 Å². The smallest absolute Gasteiger partial charge is 0.294 e. The molecule has 1 aliphatic rings. The van der Waals surface area contributed by atoms with Gasteiger partial charge < -0.3 is 14.8 Å². The number of carbonyl (C=O) groups excluding carboxylic acids is 3. The molecule has 3 amide bonds. The van der Waals surface area contributed by atoms with Crippen molar-refractivity contribution in [3.63, 3.8) is 0 Å². The van der Waals surface area contributed by atoms with Gasteiger partial charge in [0.15, 0.2) is 11.5 Å². The van der Waals surface area contributed by atoms with E-state index < -0.39 is 17.1 Å². The number of nitrogens with one attached hydrogen (secondary N) is 1. The van der Waals surface area contributed by atoms with E-state index >= 15 is 0 Å². The van der Waals surface area contributed by atoms with Gasteiger partial charge in [-0.1, -0.05) is 26.0 Å². The summed E-state index contributed by atoms with van der Waals surface area (Å²) in [4.78, 5) is 38.9. The highest BCUT2D eigenvalue weighted by Crippen LogP contribution is 2.37. The average molecular weight is 580 g/mol. The van der Waals surface area contributed by atoms with E-state index in [1.807, 2.05) is 32.0 Å². The van der Waals surface area contributed by atoms with Crippen LogP contribution >= 0.6 is 34.4 Å². The number of thioether (sulfide) groups is 1. The number of carbonyl (C=O) groups is 3. The molecule has 9 heteroatoms. The highest BCUT2D eigenvalue weighted by molar-refractivity contribution is 14.1. The third-order valence-corrected chi connectivity index (χ3v) is 6.53. The van der Waals surface area contributed by atoms with Crippen LogP contribution in [0.2, 0.25) is 0 Å². The third-order valence-electron chi connectivity index (χ3n) is 4.82. The van der Waals surface area contributed by atoms with E-state index in [1.54, 1.807) is 31.4 Å². The fraction of sp³-hybridized carbons (Fsp3) is 0.292. The van der Waals surface area contributed by atoms with Crippen LogP contribution in [0.4, 0.5) is 10.5 Å². The van der Waals surface area contributed by atoms with Crippen molar-refractivity contribution >= 4 is 63.2 Å². The number of benzene rings is 2. The van der Waals surface area contributed by atoms with Crippen LogP contribution < -0.4 is 14.8 Å². The van der Waals surface area contributed by atoms with Crippen molar-refractivity contribution in [2.45, 2.75) is 26.7 Å². The first-order valence-corrected chi connectivity index (χ1v) is 12.4. The monoisotopic (exact) mass is 580 g/mol. The summed E-state index contributed by atoms with van der Waals surface area (Å²) in [5, 5.41) is 2.25. The Balaban J connectivity index is 1.72. The maximum atomic E-state index is 12.8. The van der Waals surface area contributed by atoms with E-state index in [9.17, 15) is 14.4 Å². The van der Waals surface area contributed by atoms with Crippen LogP contribution in [0.5, 0.6) is 11.5 Å². The van der Waals surface area contributed by atoms with E-state index in [1.165, 1.54) is 0 Å². The summed E-state index contributed by atoms with van der Waals surface area (Å²) in [6, 6.07) is 11.1. The Morgan fingerprint density at radius 3 is 2.55 bits per heavy atom. The van der Waals surface area contributed by atoms with Crippen molar-refractivity contribution < 1.29 is 23.9 Å². The number of anilines is 1. The van der Waals surface area contributed by atoms with Crippen LogP contribution in [-0.4, -0.2) is 42.2 Å². The van der Waals surface area contributed by atoms with E-state index in [0.29, 0.717) is 29.4 Å². The Kier molecular flexibility index (Phi) is 8.79. The molecule has 2 aromatic carbocycles. The Hall–Kier alpha value is -2.53. The minimum atomic E-state index is -0.498. The second-order valence-corrected chi connectivity index (χ2v) is 9.40. The zero-order valence-electron chi connectivity index (χ0n) is 18.6. The molecule has 0 unspecified atom stereocenters. The van der Waals surface area contributed by atoms with Gasteiger partial charge in [0.1, 0.15) is 6.54 Å². The molecule has 0 aliphatic carbocycles. The third kappa shape index (κ3) is 6.29. The Bertz CT molecular complexity index is 1090. The van der Waals surface area contributed by atoms with Crippen LogP contribution in [0.3, 0.4) is 0 Å². The molecule has 1 saturated heterocycles. The lowest BCUT2D eigenvalue weighted by Gasteiger charge is -2.13. The highest BCUT2D eigenvalue weighted by Gasteiger charge is 2.36. The van der Waals surface area contributed by atoms with Gasteiger partial charge in [0.25, 0.3) is 11.1 Å². The zero-order chi connectivity index (χ0) is 24.0. The number of hydrogen-bond acceptors (Lipinski definition) is 6. The van der Waals surface area contributed by atoms with E-state index in [0.717, 1.165) is 38.6 Å². The number of halogens is 1. The van der Waals surface area contributed by atoms with Crippen LogP contribution in [0.15, 0.2) is 41.3 Å². The summed E-state index contributed by atoms with van der Waals surface area (Å²) in [5.41, 5.74) is 2.47. The Labute approximate surface area is 211 Å². The molecule has 1 aliphatic heterocycles. The molecule has 0 spiro atoms. The largest absolute Gasteiger partial charge is 0.493 e. The van der Waals surface area contributed by atoms with Crippen LogP contribution in [-0.2, 0) is 16.0 Å². The second-order valence-electron chi connectivity index (χ2n) is 7.25. The molecule has 1 N–H and O–H groups in total. The molecule has 174 valence electrons. The first kappa shape index (κ1) is 25.1. The number of ether oxygens (including phenoxy) is 2. The lowest BCUT2D eigenvalue weighted by Crippen LogP contribution is -2.36. The molecule has 1 fully saturated rings. The van der Waals surface area contributed by atoms with Gasteiger partial charge in [0, 0.05) is 5.69 Å². The fourth-order valence-corrected chi connectivity index (χ4v) is 4.74. The number of rotatable bonds is 9. The molecule has 2 aromatic rings. The van der Waals surface area contributed by atoms with Crippen molar-refractivity contribution in [2.75, 3.05) is 25.6 Å². The maximum absolute atomic E-state index is 12.8. The summed E-state index contributed by atoms with van der Waals surface area (Å²) in [6.45, 7) is 4.29. The minimum absolute atomic E-state index is 0.250. The highest BCUT2D eigenvalue weighted by atomic mass is 127. The van der Waals surface area contributed by atoms with Crippen molar-refractivity contribution in [1.82, 2.24) is 4.90 Å². The number of nitrogens with zero attached hydrogens (tertiary/aromatic N) is 1. The number of amides is 3. The van der Waals surface area contributed by atoms with E-state index in [-0.39, 0.29) is 11.4 Å². The van der Waals surface area contributed by atoms with Gasteiger partial charge in [-0.25, -0.2) is 0 Å². The Morgan fingerprint density at radius 2 is 1.91 bits per heavy atom. The molecular weight excluding hydrogens is 555 g/mol.